The van der Waals surface area contributed by atoms with Gasteiger partial charge in [-0.25, -0.2) is 0 Å². The second kappa shape index (κ2) is 2.95. The van der Waals surface area contributed by atoms with Gasteiger partial charge in [0, 0.05) is 4.88 Å². The Kier molecular flexibility index (Phi) is 2.35. The number of hydrogen-bond acceptors (Lipinski definition) is 2. The lowest BCUT2D eigenvalue weighted by molar-refractivity contribution is 0.0790. The van der Waals surface area contributed by atoms with Crippen LogP contribution in [-0.2, 0) is 12.0 Å². The minimum atomic E-state index is -0.677. The van der Waals surface area contributed by atoms with E-state index in [1.54, 1.807) is 11.3 Å². The normalized spacial score (nSPS) is 12.0. The molecule has 2 heteroatoms. The molecular weight excluding hydrogens is 156 g/mol. The molecule has 0 unspecified atom stereocenters. The van der Waals surface area contributed by atoms with E-state index < -0.39 is 5.60 Å². The molecule has 0 saturated carbocycles. The molecule has 0 aliphatic carbocycles. The summed E-state index contributed by atoms with van der Waals surface area (Å²) in [4.78, 5) is 1.34. The Hall–Kier alpha value is -0.340. The molecule has 1 aromatic rings. The van der Waals surface area contributed by atoms with Gasteiger partial charge < -0.3 is 5.11 Å². The Labute approximate surface area is 71.7 Å². The van der Waals surface area contributed by atoms with E-state index in [1.807, 2.05) is 19.2 Å². The highest BCUT2D eigenvalue weighted by Gasteiger charge is 2.16. The van der Waals surface area contributed by atoms with E-state index in [0.717, 1.165) is 12.0 Å². The summed E-state index contributed by atoms with van der Waals surface area (Å²) in [5.41, 5.74) is 0.351. The first-order valence-corrected chi connectivity index (χ1v) is 4.72. The maximum Gasteiger partial charge on any atom is 0.0848 e. The minimum Gasteiger partial charge on any atom is -0.386 e. The maximum atomic E-state index is 9.60. The van der Waals surface area contributed by atoms with E-state index in [4.69, 9.17) is 0 Å². The van der Waals surface area contributed by atoms with Gasteiger partial charge in [0.2, 0.25) is 0 Å². The molecular formula is C9H14OS. The molecule has 0 fully saturated rings. The monoisotopic (exact) mass is 170 g/mol. The Bertz CT molecular complexity index is 232. The third kappa shape index (κ3) is 2.04. The average molecular weight is 170 g/mol. The van der Waals surface area contributed by atoms with Crippen molar-refractivity contribution in [2.45, 2.75) is 32.8 Å². The van der Waals surface area contributed by atoms with Crippen LogP contribution in [0.2, 0.25) is 0 Å². The zero-order valence-electron chi connectivity index (χ0n) is 7.22. The summed E-state index contributed by atoms with van der Waals surface area (Å²) in [5, 5.41) is 11.6. The lowest BCUT2D eigenvalue weighted by Gasteiger charge is -2.14. The van der Waals surface area contributed by atoms with Crippen molar-refractivity contribution in [2.24, 2.45) is 0 Å². The van der Waals surface area contributed by atoms with Crippen molar-refractivity contribution in [1.82, 2.24) is 0 Å². The number of aliphatic hydroxyl groups is 1. The fourth-order valence-corrected chi connectivity index (χ4v) is 1.88. The van der Waals surface area contributed by atoms with E-state index in [9.17, 15) is 5.11 Å². The van der Waals surface area contributed by atoms with Crippen LogP contribution < -0.4 is 0 Å². The van der Waals surface area contributed by atoms with Gasteiger partial charge in [-0.3, -0.25) is 0 Å². The van der Waals surface area contributed by atoms with Gasteiger partial charge in [-0.1, -0.05) is 6.92 Å². The van der Waals surface area contributed by atoms with E-state index in [-0.39, 0.29) is 0 Å². The van der Waals surface area contributed by atoms with Crippen molar-refractivity contribution in [3.8, 4) is 0 Å². The zero-order chi connectivity index (χ0) is 8.48. The van der Waals surface area contributed by atoms with Crippen molar-refractivity contribution in [2.75, 3.05) is 0 Å². The van der Waals surface area contributed by atoms with E-state index >= 15 is 0 Å². The summed E-state index contributed by atoms with van der Waals surface area (Å²) < 4.78 is 0. The fourth-order valence-electron chi connectivity index (χ4n) is 0.887. The molecule has 1 N–H and O–H groups in total. The molecule has 0 bridgehead atoms. The topological polar surface area (TPSA) is 20.2 Å². The molecule has 0 aliphatic rings. The highest BCUT2D eigenvalue weighted by Crippen LogP contribution is 2.25. The summed E-state index contributed by atoms with van der Waals surface area (Å²) in [6, 6.07) is 2.07. The molecule has 0 spiro atoms. The third-order valence-electron chi connectivity index (χ3n) is 1.71. The quantitative estimate of drug-likeness (QED) is 0.723. The molecule has 0 amide bonds. The van der Waals surface area contributed by atoms with Crippen LogP contribution in [0.15, 0.2) is 11.4 Å². The van der Waals surface area contributed by atoms with Crippen LogP contribution in [0, 0.1) is 0 Å². The summed E-state index contributed by atoms with van der Waals surface area (Å²) in [5.74, 6) is 0. The first kappa shape index (κ1) is 8.75. The lowest BCUT2D eigenvalue weighted by Crippen LogP contribution is -2.13. The van der Waals surface area contributed by atoms with Crippen molar-refractivity contribution >= 4 is 11.3 Å². The van der Waals surface area contributed by atoms with Crippen LogP contribution in [0.5, 0.6) is 0 Å². The lowest BCUT2D eigenvalue weighted by atomic mass is 10.0. The molecule has 0 aromatic carbocycles. The van der Waals surface area contributed by atoms with Crippen LogP contribution in [0.25, 0.3) is 0 Å². The fraction of sp³-hybridized carbons (Fsp3) is 0.556. The van der Waals surface area contributed by atoms with Crippen LogP contribution in [0.3, 0.4) is 0 Å². The molecule has 1 nitrogen and oxygen atoms in total. The van der Waals surface area contributed by atoms with Crippen molar-refractivity contribution in [3.63, 3.8) is 0 Å². The number of aryl methyl sites for hydroxylation is 1. The van der Waals surface area contributed by atoms with E-state index in [1.165, 1.54) is 4.88 Å². The Morgan fingerprint density at radius 3 is 2.45 bits per heavy atom. The maximum absolute atomic E-state index is 9.60. The Balaban J connectivity index is 2.89. The van der Waals surface area contributed by atoms with Gasteiger partial charge in [0.15, 0.2) is 0 Å². The summed E-state index contributed by atoms with van der Waals surface area (Å²) in [7, 11) is 0. The SMILES string of the molecule is CCc1cc(C(C)(C)O)cs1. The smallest absolute Gasteiger partial charge is 0.0848 e. The molecule has 1 heterocycles. The van der Waals surface area contributed by atoms with E-state index in [2.05, 4.69) is 13.0 Å². The molecule has 0 radical (unpaired) electrons. The van der Waals surface area contributed by atoms with Gasteiger partial charge in [0.05, 0.1) is 5.60 Å². The van der Waals surface area contributed by atoms with Crippen molar-refractivity contribution < 1.29 is 5.11 Å². The highest BCUT2D eigenvalue weighted by molar-refractivity contribution is 7.10. The van der Waals surface area contributed by atoms with Crippen molar-refractivity contribution in [3.05, 3.63) is 21.9 Å². The molecule has 0 atom stereocenters. The van der Waals surface area contributed by atoms with Crippen LogP contribution in [0.4, 0.5) is 0 Å². The Morgan fingerprint density at radius 1 is 1.55 bits per heavy atom. The van der Waals surface area contributed by atoms with Gasteiger partial charge in [-0.05, 0) is 37.3 Å². The Morgan fingerprint density at radius 2 is 2.18 bits per heavy atom. The predicted molar refractivity (Wildman–Crippen MR) is 48.9 cm³/mol. The second-order valence-electron chi connectivity index (χ2n) is 3.21. The zero-order valence-corrected chi connectivity index (χ0v) is 8.03. The van der Waals surface area contributed by atoms with Crippen LogP contribution in [-0.4, -0.2) is 5.11 Å². The first-order valence-electron chi connectivity index (χ1n) is 3.84. The van der Waals surface area contributed by atoms with Gasteiger partial charge in [-0.15, -0.1) is 11.3 Å². The predicted octanol–water partition coefficient (Wildman–Crippen LogP) is 2.54. The second-order valence-corrected chi connectivity index (χ2v) is 4.21. The van der Waals surface area contributed by atoms with Crippen molar-refractivity contribution in [1.29, 1.82) is 0 Å². The van der Waals surface area contributed by atoms with Crippen LogP contribution >= 0.6 is 11.3 Å². The third-order valence-corrected chi connectivity index (χ3v) is 2.79. The average Bonchev–Trinajstić information content (AvgIpc) is 2.32. The summed E-state index contributed by atoms with van der Waals surface area (Å²) in [6.07, 6.45) is 1.06. The number of rotatable bonds is 2. The minimum absolute atomic E-state index is 0.677. The number of thiophene rings is 1. The largest absolute Gasteiger partial charge is 0.386 e. The van der Waals surface area contributed by atoms with Gasteiger partial charge in [0.1, 0.15) is 0 Å². The molecule has 1 rings (SSSR count). The molecule has 1 aromatic heterocycles. The molecule has 62 valence electrons. The van der Waals surface area contributed by atoms with Gasteiger partial charge >= 0.3 is 0 Å². The summed E-state index contributed by atoms with van der Waals surface area (Å²) in [6.45, 7) is 5.75. The van der Waals surface area contributed by atoms with Gasteiger partial charge in [-0.2, -0.15) is 0 Å². The molecule has 11 heavy (non-hydrogen) atoms. The van der Waals surface area contributed by atoms with Crippen LogP contribution in [0.1, 0.15) is 31.2 Å². The molecule has 0 aliphatic heterocycles. The highest BCUT2D eigenvalue weighted by atomic mass is 32.1. The summed E-state index contributed by atoms with van der Waals surface area (Å²) >= 11 is 1.72. The van der Waals surface area contributed by atoms with Gasteiger partial charge in [0.25, 0.3) is 0 Å². The number of hydrogen-bond donors (Lipinski definition) is 1. The standard InChI is InChI=1S/C9H14OS/c1-4-8-5-7(6-11-8)9(2,3)10/h5-6,10H,4H2,1-3H3. The van der Waals surface area contributed by atoms with E-state index in [0.29, 0.717) is 0 Å². The molecule has 0 saturated heterocycles. The first-order chi connectivity index (χ1) is 5.04.